The van der Waals surface area contributed by atoms with Crippen LogP contribution in [-0.4, -0.2) is 17.6 Å². The summed E-state index contributed by atoms with van der Waals surface area (Å²) in [5.41, 5.74) is 4.62. The van der Waals surface area contributed by atoms with Crippen LogP contribution in [0.4, 0.5) is 11.4 Å². The Labute approximate surface area is 165 Å². The van der Waals surface area contributed by atoms with E-state index in [4.69, 9.17) is 0 Å². The lowest BCUT2D eigenvalue weighted by atomic mass is 9.95. The average molecular weight is 383 g/mol. The number of aryl methyl sites for hydroxylation is 2. The minimum atomic E-state index is -0.438. The molecule has 4 nitrogen and oxygen atoms in total. The zero-order valence-corrected chi connectivity index (χ0v) is 17.3. The van der Waals surface area contributed by atoms with Crippen LogP contribution in [0.15, 0.2) is 42.5 Å². The maximum absolute atomic E-state index is 12.6. The summed E-state index contributed by atoms with van der Waals surface area (Å²) in [5.74, 6) is 0.581. The molecule has 142 valence electrons. The number of anilines is 2. The van der Waals surface area contributed by atoms with Gasteiger partial charge in [0.15, 0.2) is 0 Å². The van der Waals surface area contributed by atoms with Crippen LogP contribution in [0.25, 0.3) is 0 Å². The van der Waals surface area contributed by atoms with Crippen LogP contribution in [0.1, 0.15) is 42.8 Å². The predicted molar refractivity (Wildman–Crippen MR) is 113 cm³/mol. The van der Waals surface area contributed by atoms with E-state index in [1.807, 2.05) is 63.8 Å². The first-order valence-corrected chi connectivity index (χ1v) is 10.1. The highest BCUT2D eigenvalue weighted by Crippen LogP contribution is 2.42. The fraction of sp³-hybridized carbons (Fsp3) is 0.364. The van der Waals surface area contributed by atoms with Crippen molar-refractivity contribution in [2.24, 2.45) is 5.41 Å². The van der Waals surface area contributed by atoms with E-state index >= 15 is 0 Å². The van der Waals surface area contributed by atoms with E-state index in [0.29, 0.717) is 5.75 Å². The van der Waals surface area contributed by atoms with Crippen LogP contribution in [0.2, 0.25) is 0 Å². The lowest BCUT2D eigenvalue weighted by Crippen LogP contribution is -2.28. The zero-order valence-electron chi connectivity index (χ0n) is 16.5. The van der Waals surface area contributed by atoms with Crippen LogP contribution in [-0.2, 0) is 9.59 Å². The number of hydrogen-bond acceptors (Lipinski definition) is 3. The monoisotopic (exact) mass is 382 g/mol. The van der Waals surface area contributed by atoms with Crippen molar-refractivity contribution in [3.63, 3.8) is 0 Å². The Kier molecular flexibility index (Phi) is 5.33. The first kappa shape index (κ1) is 19.5. The van der Waals surface area contributed by atoms with Gasteiger partial charge in [-0.25, -0.2) is 0 Å². The Morgan fingerprint density at radius 2 is 1.67 bits per heavy atom. The maximum atomic E-state index is 12.6. The number of carbonyl (C=O) groups excluding carboxylic acids is 2. The molecule has 27 heavy (non-hydrogen) atoms. The van der Waals surface area contributed by atoms with E-state index in [-0.39, 0.29) is 17.2 Å². The number of nitrogens with one attached hydrogen (secondary N) is 1. The van der Waals surface area contributed by atoms with Gasteiger partial charge in [0, 0.05) is 16.8 Å². The Bertz CT molecular complexity index is 849. The van der Waals surface area contributed by atoms with Crippen molar-refractivity contribution in [2.75, 3.05) is 16.0 Å². The van der Waals surface area contributed by atoms with Crippen molar-refractivity contribution in [3.8, 4) is 0 Å². The molecular formula is C22H26N2O2S. The molecule has 0 unspecified atom stereocenters. The zero-order chi connectivity index (χ0) is 19.8. The highest BCUT2D eigenvalue weighted by Gasteiger charge is 2.34. The molecule has 2 aromatic carbocycles. The highest BCUT2D eigenvalue weighted by molar-refractivity contribution is 8.00. The van der Waals surface area contributed by atoms with Gasteiger partial charge in [0.05, 0.1) is 5.75 Å². The van der Waals surface area contributed by atoms with Crippen molar-refractivity contribution in [3.05, 3.63) is 59.2 Å². The van der Waals surface area contributed by atoms with Crippen molar-refractivity contribution in [1.82, 2.24) is 0 Å². The molecule has 0 spiro atoms. The van der Waals surface area contributed by atoms with Gasteiger partial charge in [0.25, 0.3) is 0 Å². The molecule has 1 atom stereocenters. The smallest absolute Gasteiger partial charge is 0.238 e. The maximum Gasteiger partial charge on any atom is 0.238 e. The van der Waals surface area contributed by atoms with Gasteiger partial charge in [-0.05, 0) is 54.8 Å². The summed E-state index contributed by atoms with van der Waals surface area (Å²) in [5, 5.41) is 2.89. The second-order valence-corrected chi connectivity index (χ2v) is 9.17. The number of benzene rings is 2. The van der Waals surface area contributed by atoms with Crippen molar-refractivity contribution in [1.29, 1.82) is 0 Å². The van der Waals surface area contributed by atoms with Gasteiger partial charge in [-0.3, -0.25) is 14.5 Å². The summed E-state index contributed by atoms with van der Waals surface area (Å²) in [6.45, 7) is 9.76. The van der Waals surface area contributed by atoms with Crippen molar-refractivity contribution in [2.45, 2.75) is 40.0 Å². The highest BCUT2D eigenvalue weighted by atomic mass is 32.2. The molecule has 1 aliphatic heterocycles. The lowest BCUT2D eigenvalue weighted by Gasteiger charge is -2.25. The Balaban J connectivity index is 1.84. The second-order valence-electron chi connectivity index (χ2n) is 8.10. The first-order valence-electron chi connectivity index (χ1n) is 9.08. The number of nitrogens with zero attached hydrogens (tertiary/aromatic N) is 1. The summed E-state index contributed by atoms with van der Waals surface area (Å²) in [6, 6.07) is 14.0. The number of thioether (sulfide) groups is 1. The fourth-order valence-corrected chi connectivity index (χ4v) is 4.27. The molecule has 1 aliphatic rings. The summed E-state index contributed by atoms with van der Waals surface area (Å²) in [6.07, 6.45) is 0. The van der Waals surface area contributed by atoms with Crippen LogP contribution in [0, 0.1) is 19.3 Å². The average Bonchev–Trinajstić information content (AvgIpc) is 2.95. The molecule has 2 aromatic rings. The number of hydrogen-bond donors (Lipinski definition) is 1. The molecule has 3 rings (SSSR count). The quantitative estimate of drug-likeness (QED) is 0.806. The van der Waals surface area contributed by atoms with E-state index in [2.05, 4.69) is 23.5 Å². The lowest BCUT2D eigenvalue weighted by molar-refractivity contribution is -0.123. The largest absolute Gasteiger partial charge is 0.326 e. The van der Waals surface area contributed by atoms with E-state index in [1.54, 1.807) is 11.8 Å². The summed E-state index contributed by atoms with van der Waals surface area (Å²) >= 11 is 1.63. The molecule has 1 fully saturated rings. The topological polar surface area (TPSA) is 49.4 Å². The summed E-state index contributed by atoms with van der Waals surface area (Å²) in [4.78, 5) is 26.6. The first-order chi connectivity index (χ1) is 12.6. The molecule has 0 aromatic heterocycles. The second kappa shape index (κ2) is 7.39. The van der Waals surface area contributed by atoms with E-state index in [9.17, 15) is 9.59 Å². The molecule has 0 aliphatic carbocycles. The molecule has 0 bridgehead atoms. The van der Waals surface area contributed by atoms with Gasteiger partial charge in [0.2, 0.25) is 11.8 Å². The van der Waals surface area contributed by atoms with Crippen LogP contribution < -0.4 is 10.2 Å². The molecule has 1 N–H and O–H groups in total. The number of amides is 2. The van der Waals surface area contributed by atoms with Crippen LogP contribution in [0.3, 0.4) is 0 Å². The van der Waals surface area contributed by atoms with Crippen molar-refractivity contribution < 1.29 is 9.59 Å². The predicted octanol–water partition coefficient (Wildman–Crippen LogP) is 5.07. The van der Waals surface area contributed by atoms with Crippen LogP contribution in [0.5, 0.6) is 0 Å². The minimum Gasteiger partial charge on any atom is -0.326 e. The summed E-state index contributed by atoms with van der Waals surface area (Å²) in [7, 11) is 0. The third-order valence-electron chi connectivity index (χ3n) is 4.49. The molecule has 1 saturated heterocycles. The molecular weight excluding hydrogens is 356 g/mol. The minimum absolute atomic E-state index is 0.0162. The Morgan fingerprint density at radius 1 is 1.07 bits per heavy atom. The van der Waals surface area contributed by atoms with E-state index in [0.717, 1.165) is 28.1 Å². The van der Waals surface area contributed by atoms with Crippen LogP contribution >= 0.6 is 11.8 Å². The van der Waals surface area contributed by atoms with Crippen molar-refractivity contribution >= 4 is 35.0 Å². The van der Waals surface area contributed by atoms with Gasteiger partial charge in [-0.15, -0.1) is 11.8 Å². The standard InChI is InChI=1S/C22H26N2O2S/c1-14-10-15(2)12-18(11-14)24-19(25)13-27-20(24)16-6-8-17(9-7-16)23-21(26)22(3,4)5/h6-12,20H,13H2,1-5H3,(H,23,26)/t20-/m1/s1. The third-order valence-corrected chi connectivity index (χ3v) is 5.70. The normalized spacial score (nSPS) is 17.3. The number of rotatable bonds is 3. The Morgan fingerprint density at radius 3 is 2.22 bits per heavy atom. The van der Waals surface area contributed by atoms with Gasteiger partial charge < -0.3 is 5.32 Å². The molecule has 5 heteroatoms. The van der Waals surface area contributed by atoms with Gasteiger partial charge in [-0.2, -0.15) is 0 Å². The van der Waals surface area contributed by atoms with Gasteiger partial charge in [-0.1, -0.05) is 39.0 Å². The third kappa shape index (κ3) is 4.35. The summed E-state index contributed by atoms with van der Waals surface area (Å²) < 4.78 is 0. The van der Waals surface area contributed by atoms with E-state index in [1.165, 1.54) is 0 Å². The molecule has 2 amide bonds. The Hall–Kier alpha value is -2.27. The molecule has 1 heterocycles. The number of carbonyl (C=O) groups is 2. The van der Waals surface area contributed by atoms with Gasteiger partial charge >= 0.3 is 0 Å². The molecule has 0 radical (unpaired) electrons. The molecule has 0 saturated carbocycles. The van der Waals surface area contributed by atoms with E-state index < -0.39 is 5.41 Å². The SMILES string of the molecule is Cc1cc(C)cc(N2C(=O)CS[C@@H]2c2ccc(NC(=O)C(C)(C)C)cc2)c1. The fourth-order valence-electron chi connectivity index (χ4n) is 3.09. The van der Waals surface area contributed by atoms with Gasteiger partial charge in [0.1, 0.15) is 5.37 Å².